The van der Waals surface area contributed by atoms with E-state index in [1.165, 1.54) is 0 Å². The molecular weight excluding hydrogens is 242 g/mol. The molecule has 1 aliphatic carbocycles. The monoisotopic (exact) mass is 267 g/mol. The molecule has 1 amide bonds. The Kier molecular flexibility index (Phi) is 5.15. The van der Waals surface area contributed by atoms with E-state index in [-0.39, 0.29) is 5.92 Å². The van der Waals surface area contributed by atoms with Crippen molar-refractivity contribution in [1.82, 2.24) is 5.32 Å². The zero-order valence-electron chi connectivity index (χ0n) is 12.4. The molecule has 0 aliphatic heterocycles. The van der Waals surface area contributed by atoms with Crippen molar-refractivity contribution in [2.45, 2.75) is 58.6 Å². The fourth-order valence-electron chi connectivity index (χ4n) is 2.48. The first-order valence-electron chi connectivity index (χ1n) is 6.85. The van der Waals surface area contributed by atoms with Gasteiger partial charge in [-0.15, -0.1) is 0 Å². The first-order chi connectivity index (χ1) is 8.73. The van der Waals surface area contributed by atoms with Crippen molar-refractivity contribution in [3.05, 3.63) is 12.2 Å². The van der Waals surface area contributed by atoms with E-state index in [2.05, 4.69) is 18.8 Å². The van der Waals surface area contributed by atoms with E-state index in [9.17, 15) is 9.59 Å². The van der Waals surface area contributed by atoms with Gasteiger partial charge in [0.2, 0.25) is 0 Å². The Hall–Kier alpha value is -1.32. The predicted octanol–water partition coefficient (Wildman–Crippen LogP) is 3.07. The van der Waals surface area contributed by atoms with Gasteiger partial charge >= 0.3 is 6.09 Å². The van der Waals surface area contributed by atoms with Crippen molar-refractivity contribution in [3.8, 4) is 0 Å². The average molecular weight is 267 g/mol. The third-order valence-corrected chi connectivity index (χ3v) is 3.37. The van der Waals surface area contributed by atoms with Crippen molar-refractivity contribution < 1.29 is 14.3 Å². The summed E-state index contributed by atoms with van der Waals surface area (Å²) in [6.07, 6.45) is 3.11. The molecule has 4 nitrogen and oxygen atoms in total. The van der Waals surface area contributed by atoms with Crippen molar-refractivity contribution in [3.63, 3.8) is 0 Å². The van der Waals surface area contributed by atoms with Gasteiger partial charge < -0.3 is 14.8 Å². The highest BCUT2D eigenvalue weighted by Gasteiger charge is 2.30. The highest BCUT2D eigenvalue weighted by molar-refractivity contribution is 5.74. The molecule has 0 saturated heterocycles. The van der Waals surface area contributed by atoms with Crippen LogP contribution < -0.4 is 5.32 Å². The molecular formula is C15H25NO3. The number of amides is 1. The minimum absolute atomic E-state index is 0.0289. The maximum Gasteiger partial charge on any atom is 0.408 e. The summed E-state index contributed by atoms with van der Waals surface area (Å²) < 4.78 is 5.18. The van der Waals surface area contributed by atoms with E-state index in [0.29, 0.717) is 5.92 Å². The summed E-state index contributed by atoms with van der Waals surface area (Å²) in [5, 5.41) is 2.65. The Balaban J connectivity index is 2.61. The Morgan fingerprint density at radius 1 is 1.47 bits per heavy atom. The zero-order valence-corrected chi connectivity index (χ0v) is 12.4. The molecule has 19 heavy (non-hydrogen) atoms. The van der Waals surface area contributed by atoms with Crippen LogP contribution in [0.2, 0.25) is 0 Å². The molecule has 1 fully saturated rings. The van der Waals surface area contributed by atoms with E-state index in [1.54, 1.807) is 20.8 Å². The second kappa shape index (κ2) is 6.22. The number of carbonyl (C=O) groups excluding carboxylic acids is 2. The number of rotatable bonds is 3. The van der Waals surface area contributed by atoms with Crippen molar-refractivity contribution >= 4 is 12.4 Å². The molecule has 1 saturated carbocycles. The second-order valence-electron chi connectivity index (χ2n) is 6.46. The number of alkyl carbamates (subject to hydrolysis) is 1. The first kappa shape index (κ1) is 15.7. The van der Waals surface area contributed by atoms with E-state index in [1.807, 2.05) is 0 Å². The largest absolute Gasteiger partial charge is 0.444 e. The van der Waals surface area contributed by atoms with Crippen LogP contribution in [0.4, 0.5) is 4.79 Å². The smallest absolute Gasteiger partial charge is 0.408 e. The van der Waals surface area contributed by atoms with Crippen LogP contribution in [0.15, 0.2) is 12.2 Å². The number of aldehydes is 1. The standard InChI is InChI=1S/C15H25NO3/c1-10-6-7-12(11(2)8-10)13(9-17)16-14(18)19-15(3,4)5/h9-10,12-13H,2,6-8H2,1,3-5H3,(H,16,18)/t10?,12-,13-/m1/s1. The summed E-state index contributed by atoms with van der Waals surface area (Å²) in [6.45, 7) is 11.6. The van der Waals surface area contributed by atoms with Crippen molar-refractivity contribution in [2.24, 2.45) is 11.8 Å². The normalized spacial score (nSPS) is 25.6. The average Bonchev–Trinajstić information content (AvgIpc) is 2.24. The Morgan fingerprint density at radius 3 is 2.58 bits per heavy atom. The first-order valence-corrected chi connectivity index (χ1v) is 6.85. The van der Waals surface area contributed by atoms with Gasteiger partial charge in [-0.3, -0.25) is 0 Å². The van der Waals surface area contributed by atoms with Crippen LogP contribution in [0, 0.1) is 11.8 Å². The molecule has 0 aromatic carbocycles. The fourth-order valence-corrected chi connectivity index (χ4v) is 2.48. The SMILES string of the molecule is C=C1CC(C)CC[C@H]1[C@@H](C=O)NC(=O)OC(C)(C)C. The van der Waals surface area contributed by atoms with Gasteiger partial charge in [-0.1, -0.05) is 19.1 Å². The maximum atomic E-state index is 11.7. The van der Waals surface area contributed by atoms with Gasteiger partial charge in [0.05, 0.1) is 6.04 Å². The summed E-state index contributed by atoms with van der Waals surface area (Å²) in [5.41, 5.74) is 0.488. The molecule has 108 valence electrons. The molecule has 0 bridgehead atoms. The molecule has 0 aromatic rings. The third-order valence-electron chi connectivity index (χ3n) is 3.37. The lowest BCUT2D eigenvalue weighted by molar-refractivity contribution is -0.110. The number of nitrogens with one attached hydrogen (secondary N) is 1. The minimum atomic E-state index is -0.560. The minimum Gasteiger partial charge on any atom is -0.444 e. The molecule has 0 heterocycles. The molecule has 4 heteroatoms. The fraction of sp³-hybridized carbons (Fsp3) is 0.733. The van der Waals surface area contributed by atoms with E-state index in [4.69, 9.17) is 4.74 Å². The molecule has 0 spiro atoms. The van der Waals surface area contributed by atoms with Crippen LogP contribution >= 0.6 is 0 Å². The van der Waals surface area contributed by atoms with Gasteiger partial charge in [-0.25, -0.2) is 4.79 Å². The summed E-state index contributed by atoms with van der Waals surface area (Å²) in [5.74, 6) is 0.638. The maximum absolute atomic E-state index is 11.7. The van der Waals surface area contributed by atoms with E-state index < -0.39 is 17.7 Å². The van der Waals surface area contributed by atoms with Crippen LogP contribution in [-0.2, 0) is 9.53 Å². The van der Waals surface area contributed by atoms with Gasteiger partial charge in [0.15, 0.2) is 0 Å². The van der Waals surface area contributed by atoms with E-state index in [0.717, 1.165) is 31.1 Å². The van der Waals surface area contributed by atoms with Gasteiger partial charge in [-0.05, 0) is 46.0 Å². The van der Waals surface area contributed by atoms with Crippen LogP contribution in [0.5, 0.6) is 0 Å². The lowest BCUT2D eigenvalue weighted by Gasteiger charge is -2.33. The highest BCUT2D eigenvalue weighted by Crippen LogP contribution is 2.33. The Labute approximate surface area is 115 Å². The number of hydrogen-bond donors (Lipinski definition) is 1. The molecule has 1 aliphatic rings. The van der Waals surface area contributed by atoms with E-state index >= 15 is 0 Å². The van der Waals surface area contributed by atoms with Crippen LogP contribution in [-0.4, -0.2) is 24.0 Å². The quantitative estimate of drug-likeness (QED) is 0.631. The van der Waals surface area contributed by atoms with Gasteiger partial charge in [0, 0.05) is 5.92 Å². The summed E-state index contributed by atoms with van der Waals surface area (Å²) in [7, 11) is 0. The number of ether oxygens (including phenoxy) is 1. The topological polar surface area (TPSA) is 55.4 Å². The highest BCUT2D eigenvalue weighted by atomic mass is 16.6. The molecule has 1 unspecified atom stereocenters. The van der Waals surface area contributed by atoms with Crippen LogP contribution in [0.3, 0.4) is 0 Å². The summed E-state index contributed by atoms with van der Waals surface area (Å²) >= 11 is 0. The van der Waals surface area contributed by atoms with Crippen molar-refractivity contribution in [1.29, 1.82) is 0 Å². The molecule has 1 rings (SSSR count). The summed E-state index contributed by atoms with van der Waals surface area (Å²) in [4.78, 5) is 22.9. The van der Waals surface area contributed by atoms with Gasteiger partial charge in [0.1, 0.15) is 11.9 Å². The lowest BCUT2D eigenvalue weighted by Crippen LogP contribution is -2.45. The lowest BCUT2D eigenvalue weighted by atomic mass is 9.76. The number of carbonyl (C=O) groups is 2. The van der Waals surface area contributed by atoms with Gasteiger partial charge in [0.25, 0.3) is 0 Å². The summed E-state index contributed by atoms with van der Waals surface area (Å²) in [6, 6.07) is -0.533. The molecule has 0 aromatic heterocycles. The zero-order chi connectivity index (χ0) is 14.6. The third kappa shape index (κ3) is 5.05. The second-order valence-corrected chi connectivity index (χ2v) is 6.46. The predicted molar refractivity (Wildman–Crippen MR) is 74.9 cm³/mol. The number of hydrogen-bond acceptors (Lipinski definition) is 3. The van der Waals surface area contributed by atoms with Gasteiger partial charge in [-0.2, -0.15) is 0 Å². The van der Waals surface area contributed by atoms with Crippen LogP contribution in [0.25, 0.3) is 0 Å². The van der Waals surface area contributed by atoms with Crippen molar-refractivity contribution in [2.75, 3.05) is 0 Å². The Morgan fingerprint density at radius 2 is 2.11 bits per heavy atom. The molecule has 0 radical (unpaired) electrons. The molecule has 1 N–H and O–H groups in total. The molecule has 3 atom stereocenters. The van der Waals surface area contributed by atoms with Crippen LogP contribution in [0.1, 0.15) is 47.0 Å². The Bertz CT molecular complexity index is 357.